The minimum Gasteiger partial charge on any atom is -0.305 e. The van der Waals surface area contributed by atoms with Crippen LogP contribution < -0.4 is 5.32 Å². The van der Waals surface area contributed by atoms with Gasteiger partial charge in [0.2, 0.25) is 0 Å². The minimum absolute atomic E-state index is 0.0511. The van der Waals surface area contributed by atoms with Gasteiger partial charge < -0.3 is 5.32 Å². The van der Waals surface area contributed by atoms with Crippen LogP contribution in [0.25, 0.3) is 16.9 Å². The summed E-state index contributed by atoms with van der Waals surface area (Å²) in [6, 6.07) is 18.3. The number of carbonyl (C=O) groups is 1. The van der Waals surface area contributed by atoms with Gasteiger partial charge in [-0.25, -0.2) is 18.3 Å². The first kappa shape index (κ1) is 22.4. The standard InChI is InChI=1S/C26H22F2N6O/c1-16-7-9-18(10-8-16)21-13-22(24(27)28)34-25(30-21)20(14-29-34)26(35)31-23-11-12-33(32-23)15-19-6-4-3-5-17(19)2/h3-14,24H,15H2,1-2H3,(H,31,32,35). The van der Waals surface area contributed by atoms with E-state index in [2.05, 4.69) is 20.5 Å². The molecule has 0 aliphatic rings. The highest BCUT2D eigenvalue weighted by molar-refractivity contribution is 6.07. The van der Waals surface area contributed by atoms with E-state index in [-0.39, 0.29) is 16.9 Å². The van der Waals surface area contributed by atoms with Gasteiger partial charge in [-0.2, -0.15) is 10.2 Å². The van der Waals surface area contributed by atoms with Crippen molar-refractivity contribution >= 4 is 17.4 Å². The van der Waals surface area contributed by atoms with Crippen molar-refractivity contribution in [3.63, 3.8) is 0 Å². The molecule has 0 unspecified atom stereocenters. The van der Waals surface area contributed by atoms with Crippen LogP contribution >= 0.6 is 0 Å². The Morgan fingerprint density at radius 1 is 1.06 bits per heavy atom. The third-order valence-corrected chi connectivity index (χ3v) is 5.79. The van der Waals surface area contributed by atoms with Gasteiger partial charge in [-0.1, -0.05) is 54.1 Å². The van der Waals surface area contributed by atoms with E-state index < -0.39 is 12.3 Å². The smallest absolute Gasteiger partial charge is 0.280 e. The Balaban J connectivity index is 1.45. The number of carbonyl (C=O) groups excluding carboxylic acids is 1. The molecule has 35 heavy (non-hydrogen) atoms. The van der Waals surface area contributed by atoms with Crippen LogP contribution in [0.1, 0.15) is 39.2 Å². The van der Waals surface area contributed by atoms with Crippen LogP contribution in [0.4, 0.5) is 14.6 Å². The van der Waals surface area contributed by atoms with E-state index in [0.717, 1.165) is 21.2 Å². The lowest BCUT2D eigenvalue weighted by Crippen LogP contribution is -2.13. The summed E-state index contributed by atoms with van der Waals surface area (Å²) in [5.74, 6) is -0.193. The third-order valence-electron chi connectivity index (χ3n) is 5.79. The van der Waals surface area contributed by atoms with Crippen LogP contribution in [-0.4, -0.2) is 30.3 Å². The maximum Gasteiger partial charge on any atom is 0.280 e. The average Bonchev–Trinajstić information content (AvgIpc) is 3.47. The third kappa shape index (κ3) is 4.52. The molecule has 5 rings (SSSR count). The summed E-state index contributed by atoms with van der Waals surface area (Å²) in [6.45, 7) is 4.52. The number of rotatable bonds is 6. The Hall–Kier alpha value is -4.40. The molecule has 0 fully saturated rings. The van der Waals surface area contributed by atoms with Crippen LogP contribution in [0, 0.1) is 13.8 Å². The zero-order valence-corrected chi connectivity index (χ0v) is 19.1. The van der Waals surface area contributed by atoms with Gasteiger partial charge in [-0.05, 0) is 31.0 Å². The van der Waals surface area contributed by atoms with Crippen molar-refractivity contribution in [1.82, 2.24) is 24.4 Å². The number of halogens is 2. The number of nitrogens with one attached hydrogen (secondary N) is 1. The molecule has 0 saturated heterocycles. The molecule has 7 nitrogen and oxygen atoms in total. The molecule has 0 aliphatic heterocycles. The summed E-state index contributed by atoms with van der Waals surface area (Å²) in [7, 11) is 0. The van der Waals surface area contributed by atoms with Gasteiger partial charge in [0.1, 0.15) is 11.3 Å². The Labute approximate surface area is 200 Å². The molecular formula is C26H22F2N6O. The van der Waals surface area contributed by atoms with Crippen molar-refractivity contribution in [2.45, 2.75) is 26.8 Å². The topological polar surface area (TPSA) is 77.1 Å². The number of hydrogen-bond acceptors (Lipinski definition) is 4. The molecule has 3 heterocycles. The quantitative estimate of drug-likeness (QED) is 0.357. The number of aromatic nitrogens is 5. The lowest BCUT2D eigenvalue weighted by Gasteiger charge is -2.09. The Morgan fingerprint density at radius 3 is 2.57 bits per heavy atom. The summed E-state index contributed by atoms with van der Waals surface area (Å²) in [6.07, 6.45) is 0.214. The van der Waals surface area contributed by atoms with Gasteiger partial charge in [-0.15, -0.1) is 0 Å². The molecular weight excluding hydrogens is 450 g/mol. The van der Waals surface area contributed by atoms with Crippen molar-refractivity contribution in [3.8, 4) is 11.3 Å². The zero-order chi connectivity index (χ0) is 24.5. The molecule has 2 aromatic carbocycles. The molecule has 5 aromatic rings. The predicted molar refractivity (Wildman–Crippen MR) is 129 cm³/mol. The molecule has 176 valence electrons. The monoisotopic (exact) mass is 472 g/mol. The van der Waals surface area contributed by atoms with E-state index in [9.17, 15) is 13.6 Å². The molecule has 1 N–H and O–H groups in total. The number of anilines is 1. The number of fused-ring (bicyclic) bond motifs is 1. The fourth-order valence-electron chi connectivity index (χ4n) is 3.84. The Kier molecular flexibility index (Phi) is 5.82. The van der Waals surface area contributed by atoms with Crippen molar-refractivity contribution in [2.75, 3.05) is 5.32 Å². The van der Waals surface area contributed by atoms with E-state index in [0.29, 0.717) is 23.6 Å². The zero-order valence-electron chi connectivity index (χ0n) is 19.1. The van der Waals surface area contributed by atoms with E-state index in [1.165, 1.54) is 12.3 Å². The molecule has 9 heteroatoms. The Bertz CT molecular complexity index is 1520. The molecule has 0 saturated carbocycles. The predicted octanol–water partition coefficient (Wildman–Crippen LogP) is 5.45. The number of nitrogens with zero attached hydrogens (tertiary/aromatic N) is 5. The normalized spacial score (nSPS) is 11.3. The van der Waals surface area contributed by atoms with Crippen molar-refractivity contribution in [1.29, 1.82) is 0 Å². The van der Waals surface area contributed by atoms with Gasteiger partial charge in [0, 0.05) is 17.8 Å². The van der Waals surface area contributed by atoms with Crippen LogP contribution in [0.3, 0.4) is 0 Å². The van der Waals surface area contributed by atoms with E-state index in [1.54, 1.807) is 29.1 Å². The molecule has 0 atom stereocenters. The van der Waals surface area contributed by atoms with Gasteiger partial charge in [0.25, 0.3) is 12.3 Å². The second-order valence-electron chi connectivity index (χ2n) is 8.31. The Morgan fingerprint density at radius 2 is 1.83 bits per heavy atom. The highest BCUT2D eigenvalue weighted by Crippen LogP contribution is 2.27. The molecule has 0 bridgehead atoms. The van der Waals surface area contributed by atoms with Crippen LogP contribution in [0.5, 0.6) is 0 Å². The van der Waals surface area contributed by atoms with Gasteiger partial charge in [0.15, 0.2) is 11.5 Å². The summed E-state index contributed by atoms with van der Waals surface area (Å²) >= 11 is 0. The molecule has 0 aliphatic carbocycles. The van der Waals surface area contributed by atoms with Crippen LogP contribution in [-0.2, 0) is 6.54 Å². The maximum atomic E-state index is 13.8. The summed E-state index contributed by atoms with van der Waals surface area (Å²) in [5.41, 5.74) is 4.09. The van der Waals surface area contributed by atoms with E-state index in [4.69, 9.17) is 0 Å². The first-order valence-electron chi connectivity index (χ1n) is 11.0. The largest absolute Gasteiger partial charge is 0.305 e. The molecule has 3 aromatic heterocycles. The summed E-state index contributed by atoms with van der Waals surface area (Å²) in [5, 5.41) is 11.1. The summed E-state index contributed by atoms with van der Waals surface area (Å²) < 4.78 is 30.4. The fraction of sp³-hybridized carbons (Fsp3) is 0.154. The number of alkyl halides is 2. The molecule has 1 amide bonds. The first-order valence-corrected chi connectivity index (χ1v) is 11.0. The second kappa shape index (κ2) is 9.09. The maximum absolute atomic E-state index is 13.8. The number of amides is 1. The molecule has 0 radical (unpaired) electrons. The van der Waals surface area contributed by atoms with Crippen molar-refractivity contribution in [2.24, 2.45) is 0 Å². The first-order chi connectivity index (χ1) is 16.9. The lowest BCUT2D eigenvalue weighted by atomic mass is 10.1. The lowest BCUT2D eigenvalue weighted by molar-refractivity contribution is 0.102. The molecule has 0 spiro atoms. The highest BCUT2D eigenvalue weighted by Gasteiger charge is 2.22. The minimum atomic E-state index is -2.79. The SMILES string of the molecule is Cc1ccc(-c2cc(C(F)F)n3ncc(C(=O)Nc4ccn(Cc5ccccc5C)n4)c3n2)cc1. The van der Waals surface area contributed by atoms with E-state index >= 15 is 0 Å². The second-order valence-corrected chi connectivity index (χ2v) is 8.31. The summed E-state index contributed by atoms with van der Waals surface area (Å²) in [4.78, 5) is 17.5. The van der Waals surface area contributed by atoms with E-state index in [1.807, 2.05) is 50.2 Å². The van der Waals surface area contributed by atoms with Crippen molar-refractivity contribution in [3.05, 3.63) is 101 Å². The number of aryl methyl sites for hydroxylation is 2. The number of hydrogen-bond donors (Lipinski definition) is 1. The van der Waals surface area contributed by atoms with Crippen LogP contribution in [0.15, 0.2) is 73.1 Å². The van der Waals surface area contributed by atoms with Crippen molar-refractivity contribution < 1.29 is 13.6 Å². The van der Waals surface area contributed by atoms with Crippen LogP contribution in [0.2, 0.25) is 0 Å². The van der Waals surface area contributed by atoms with Gasteiger partial charge in [-0.3, -0.25) is 9.48 Å². The average molecular weight is 472 g/mol. The van der Waals surface area contributed by atoms with Gasteiger partial charge in [0.05, 0.1) is 18.4 Å². The highest BCUT2D eigenvalue weighted by atomic mass is 19.3. The fourth-order valence-corrected chi connectivity index (χ4v) is 3.84. The van der Waals surface area contributed by atoms with Gasteiger partial charge >= 0.3 is 0 Å². The number of benzene rings is 2.